The van der Waals surface area contributed by atoms with Crippen molar-refractivity contribution in [3.8, 4) is 5.88 Å². The van der Waals surface area contributed by atoms with Gasteiger partial charge in [-0.3, -0.25) is 9.59 Å². The number of hydrogen-bond acceptors (Lipinski definition) is 6. The Morgan fingerprint density at radius 2 is 1.89 bits per heavy atom. The molecular formula is C20H20N4O3S. The van der Waals surface area contributed by atoms with E-state index in [1.807, 2.05) is 17.0 Å². The molecule has 3 aromatic heterocycles. The lowest BCUT2D eigenvalue weighted by Crippen LogP contribution is -2.38. The van der Waals surface area contributed by atoms with Gasteiger partial charge in [0.15, 0.2) is 0 Å². The first-order valence-corrected chi connectivity index (χ1v) is 9.87. The summed E-state index contributed by atoms with van der Waals surface area (Å²) in [5.41, 5.74) is 7.07. The second kappa shape index (κ2) is 7.55. The number of nitrogens with zero attached hydrogens (tertiary/aromatic N) is 3. The third-order valence-corrected chi connectivity index (χ3v) is 6.26. The van der Waals surface area contributed by atoms with Crippen molar-refractivity contribution >= 4 is 33.4 Å². The number of amides is 2. The number of carbonyl (C=O) groups is 2. The summed E-state index contributed by atoms with van der Waals surface area (Å²) < 4.78 is 5.21. The van der Waals surface area contributed by atoms with Crippen LogP contribution in [0.25, 0.3) is 10.2 Å². The van der Waals surface area contributed by atoms with Crippen molar-refractivity contribution in [3.63, 3.8) is 0 Å². The zero-order valence-corrected chi connectivity index (χ0v) is 16.2. The zero-order chi connectivity index (χ0) is 19.7. The molecule has 2 N–H and O–H groups in total. The van der Waals surface area contributed by atoms with E-state index in [4.69, 9.17) is 10.5 Å². The maximum absolute atomic E-state index is 12.9. The molecule has 1 aliphatic rings. The number of thiophene rings is 1. The summed E-state index contributed by atoms with van der Waals surface area (Å²) in [5.74, 6) is -0.00666. The van der Waals surface area contributed by atoms with Gasteiger partial charge in [-0.2, -0.15) is 0 Å². The highest BCUT2D eigenvalue weighted by molar-refractivity contribution is 7.20. The first-order valence-electron chi connectivity index (χ1n) is 9.05. The van der Waals surface area contributed by atoms with Gasteiger partial charge in [-0.25, -0.2) is 9.97 Å². The molecule has 4 rings (SSSR count). The molecule has 4 heterocycles. The van der Waals surface area contributed by atoms with E-state index < -0.39 is 5.91 Å². The second-order valence-electron chi connectivity index (χ2n) is 6.69. The van der Waals surface area contributed by atoms with Crippen LogP contribution in [0, 0.1) is 0 Å². The van der Waals surface area contributed by atoms with Gasteiger partial charge < -0.3 is 15.4 Å². The normalized spacial score (nSPS) is 15.0. The van der Waals surface area contributed by atoms with Crippen molar-refractivity contribution in [3.05, 3.63) is 52.7 Å². The highest BCUT2D eigenvalue weighted by Crippen LogP contribution is 2.39. The average Bonchev–Trinajstić information content (AvgIpc) is 3.13. The minimum absolute atomic E-state index is 0.0876. The Balaban J connectivity index is 1.57. The molecule has 0 aromatic carbocycles. The van der Waals surface area contributed by atoms with Crippen LogP contribution in [0.15, 0.2) is 36.7 Å². The number of aromatic nitrogens is 2. The Labute approximate surface area is 166 Å². The fraction of sp³-hybridized carbons (Fsp3) is 0.300. The molecule has 28 heavy (non-hydrogen) atoms. The molecule has 0 aliphatic carbocycles. The first kappa shape index (κ1) is 18.4. The Kier molecular flexibility index (Phi) is 4.95. The van der Waals surface area contributed by atoms with E-state index in [0.29, 0.717) is 29.4 Å². The van der Waals surface area contributed by atoms with Crippen LogP contribution >= 0.6 is 11.3 Å². The van der Waals surface area contributed by atoms with Crippen molar-refractivity contribution in [2.45, 2.75) is 18.8 Å². The van der Waals surface area contributed by atoms with E-state index in [9.17, 15) is 9.59 Å². The number of methoxy groups -OCH3 is 1. The lowest BCUT2D eigenvalue weighted by Gasteiger charge is -2.32. The predicted octanol–water partition coefficient (Wildman–Crippen LogP) is 2.82. The monoisotopic (exact) mass is 396 g/mol. The third kappa shape index (κ3) is 3.20. The quantitative estimate of drug-likeness (QED) is 0.731. The van der Waals surface area contributed by atoms with Crippen LogP contribution in [0.3, 0.4) is 0 Å². The summed E-state index contributed by atoms with van der Waals surface area (Å²) in [5, 5.41) is 0.986. The van der Waals surface area contributed by atoms with Crippen molar-refractivity contribution in [1.82, 2.24) is 14.9 Å². The summed E-state index contributed by atoms with van der Waals surface area (Å²) >= 11 is 1.34. The molecule has 0 atom stereocenters. The van der Waals surface area contributed by atoms with Crippen molar-refractivity contribution in [1.29, 1.82) is 0 Å². The van der Waals surface area contributed by atoms with Crippen molar-refractivity contribution in [2.75, 3.05) is 20.2 Å². The molecule has 1 fully saturated rings. The summed E-state index contributed by atoms with van der Waals surface area (Å²) in [6, 6.07) is 7.31. The summed E-state index contributed by atoms with van der Waals surface area (Å²) in [6.07, 6.45) is 4.84. The van der Waals surface area contributed by atoms with Crippen molar-refractivity contribution in [2.24, 2.45) is 5.73 Å². The highest BCUT2D eigenvalue weighted by atomic mass is 32.1. The van der Waals surface area contributed by atoms with Gasteiger partial charge in [-0.1, -0.05) is 6.07 Å². The van der Waals surface area contributed by atoms with Gasteiger partial charge in [0.1, 0.15) is 10.4 Å². The molecule has 7 nitrogen and oxygen atoms in total. The van der Waals surface area contributed by atoms with E-state index in [1.165, 1.54) is 18.4 Å². The van der Waals surface area contributed by atoms with Crippen LogP contribution in [0.2, 0.25) is 0 Å². The number of fused-ring (bicyclic) bond motifs is 1. The van der Waals surface area contributed by atoms with Gasteiger partial charge in [0.25, 0.3) is 11.8 Å². The number of carbonyl (C=O) groups excluding carboxylic acids is 2. The molecule has 3 aromatic rings. The molecular weight excluding hydrogens is 376 g/mol. The molecule has 0 bridgehead atoms. The van der Waals surface area contributed by atoms with Crippen LogP contribution in [-0.2, 0) is 0 Å². The minimum Gasteiger partial charge on any atom is -0.480 e. The predicted molar refractivity (Wildman–Crippen MR) is 107 cm³/mol. The minimum atomic E-state index is -0.420. The Hall–Kier alpha value is -3.00. The van der Waals surface area contributed by atoms with Crippen LogP contribution in [0.5, 0.6) is 5.88 Å². The fourth-order valence-electron chi connectivity index (χ4n) is 3.80. The van der Waals surface area contributed by atoms with Gasteiger partial charge in [-0.05, 0) is 42.5 Å². The number of nitrogens with two attached hydrogens (primary N) is 1. The molecule has 1 saturated heterocycles. The number of ether oxygens (including phenoxy) is 1. The van der Waals surface area contributed by atoms with Crippen molar-refractivity contribution < 1.29 is 14.3 Å². The zero-order valence-electron chi connectivity index (χ0n) is 15.4. The molecule has 8 heteroatoms. The Morgan fingerprint density at radius 3 is 2.61 bits per heavy atom. The first-order chi connectivity index (χ1) is 13.6. The lowest BCUT2D eigenvalue weighted by atomic mass is 9.87. The summed E-state index contributed by atoms with van der Waals surface area (Å²) in [7, 11) is 1.51. The maximum Gasteiger partial charge on any atom is 0.259 e. The van der Waals surface area contributed by atoms with Gasteiger partial charge in [-0.15, -0.1) is 11.3 Å². The summed E-state index contributed by atoms with van der Waals surface area (Å²) in [6.45, 7) is 1.19. The third-order valence-electron chi connectivity index (χ3n) is 5.11. The van der Waals surface area contributed by atoms with Gasteiger partial charge in [0.05, 0.1) is 12.0 Å². The Bertz CT molecular complexity index is 1040. The van der Waals surface area contributed by atoms with Crippen LogP contribution in [0.4, 0.5) is 0 Å². The molecule has 0 saturated carbocycles. The van der Waals surface area contributed by atoms with Gasteiger partial charge in [0, 0.05) is 30.9 Å². The molecule has 1 aliphatic heterocycles. The number of likely N-dealkylation sites (tertiary alicyclic amines) is 1. The molecule has 144 valence electrons. The highest BCUT2D eigenvalue weighted by Gasteiger charge is 2.30. The van der Waals surface area contributed by atoms with Crippen LogP contribution < -0.4 is 10.5 Å². The molecule has 0 spiro atoms. The molecule has 0 unspecified atom stereocenters. The Morgan fingerprint density at radius 1 is 1.18 bits per heavy atom. The smallest absolute Gasteiger partial charge is 0.259 e. The number of pyridine rings is 2. The largest absolute Gasteiger partial charge is 0.480 e. The maximum atomic E-state index is 12.9. The van der Waals surface area contributed by atoms with E-state index in [0.717, 1.165) is 28.6 Å². The number of primary amides is 1. The van der Waals surface area contributed by atoms with Crippen LogP contribution in [-0.4, -0.2) is 46.9 Å². The standard InChI is InChI=1S/C20H20N4O3S/c1-27-18-14(5-3-8-22-18)20(26)24-10-6-12(7-11-24)15-13-4-2-9-23-19(13)28-16(15)17(21)25/h2-5,8-9,12H,6-7,10-11H2,1H3,(H2,21,25). The average molecular weight is 396 g/mol. The summed E-state index contributed by atoms with van der Waals surface area (Å²) in [4.78, 5) is 36.6. The van der Waals surface area contributed by atoms with Crippen LogP contribution in [0.1, 0.15) is 44.4 Å². The number of hydrogen-bond donors (Lipinski definition) is 1. The topological polar surface area (TPSA) is 98.4 Å². The van der Waals surface area contributed by atoms with E-state index in [-0.39, 0.29) is 11.8 Å². The second-order valence-corrected chi connectivity index (χ2v) is 7.69. The number of piperidine rings is 1. The molecule has 2 amide bonds. The van der Waals surface area contributed by atoms with E-state index in [2.05, 4.69) is 9.97 Å². The van der Waals surface area contributed by atoms with Gasteiger partial charge >= 0.3 is 0 Å². The fourth-order valence-corrected chi connectivity index (χ4v) is 4.88. The van der Waals surface area contributed by atoms with Gasteiger partial charge in [0.2, 0.25) is 5.88 Å². The molecule has 0 radical (unpaired) electrons. The van der Waals surface area contributed by atoms with E-state index in [1.54, 1.807) is 24.5 Å². The number of rotatable bonds is 4. The lowest BCUT2D eigenvalue weighted by molar-refractivity contribution is 0.0708. The van der Waals surface area contributed by atoms with E-state index >= 15 is 0 Å². The SMILES string of the molecule is COc1ncccc1C(=O)N1CCC(c2c(C(N)=O)sc3ncccc23)CC1.